The molecule has 0 saturated heterocycles. The summed E-state index contributed by atoms with van der Waals surface area (Å²) in [5, 5.41) is 0. The lowest BCUT2D eigenvalue weighted by Gasteiger charge is -2.22. The molecule has 166 valence electrons. The number of anilines is 1. The van der Waals surface area contributed by atoms with Crippen LogP contribution in [0.1, 0.15) is 15.9 Å². The van der Waals surface area contributed by atoms with Crippen molar-refractivity contribution < 1.29 is 13.2 Å². The molecule has 0 spiro atoms. The van der Waals surface area contributed by atoms with Crippen LogP contribution in [0.15, 0.2) is 88.2 Å². The van der Waals surface area contributed by atoms with E-state index in [0.29, 0.717) is 23.1 Å². The fourth-order valence-electron chi connectivity index (χ4n) is 3.30. The van der Waals surface area contributed by atoms with Gasteiger partial charge in [0.2, 0.25) is 0 Å². The quantitative estimate of drug-likeness (QED) is 0.519. The van der Waals surface area contributed by atoms with Crippen LogP contribution in [-0.4, -0.2) is 37.1 Å². The van der Waals surface area contributed by atoms with Gasteiger partial charge >= 0.3 is 0 Å². The molecule has 2 aliphatic rings. The first kappa shape index (κ1) is 22.5. The number of halogens is 1. The number of allylic oxidation sites excluding steroid dienone is 2. The Morgan fingerprint density at radius 2 is 2.00 bits per heavy atom. The van der Waals surface area contributed by atoms with Gasteiger partial charge in [-0.15, -0.1) is 0 Å². The molecule has 0 bridgehead atoms. The molecule has 1 amide bonds. The topological polar surface area (TPSA) is 81.8 Å². The second-order valence-electron chi connectivity index (χ2n) is 7.19. The number of carbonyl (C=O) groups excluding carboxylic acids is 1. The van der Waals surface area contributed by atoms with Crippen LogP contribution in [0.2, 0.25) is 0 Å². The highest BCUT2D eigenvalue weighted by Crippen LogP contribution is 2.34. The molecule has 10 heteroatoms. The van der Waals surface area contributed by atoms with Crippen LogP contribution in [-0.2, 0) is 16.4 Å². The fourth-order valence-corrected chi connectivity index (χ4v) is 5.64. The van der Waals surface area contributed by atoms with Gasteiger partial charge in [-0.3, -0.25) is 13.8 Å². The third kappa shape index (κ3) is 4.87. The molecular formula is C22H21BrN4O3S2. The first-order chi connectivity index (χ1) is 15.3. The zero-order chi connectivity index (χ0) is 22.7. The van der Waals surface area contributed by atoms with E-state index in [4.69, 9.17) is 0 Å². The summed E-state index contributed by atoms with van der Waals surface area (Å²) in [6.45, 7) is 0.506. The van der Waals surface area contributed by atoms with Crippen molar-refractivity contribution in [2.75, 3.05) is 18.3 Å². The Bertz CT molecular complexity index is 1230. The maximum atomic E-state index is 13.2. The van der Waals surface area contributed by atoms with Crippen LogP contribution in [0.5, 0.6) is 0 Å². The van der Waals surface area contributed by atoms with Crippen molar-refractivity contribution in [3.05, 3.63) is 99.3 Å². The van der Waals surface area contributed by atoms with Crippen molar-refractivity contribution in [3.8, 4) is 0 Å². The molecule has 0 radical (unpaired) electrons. The van der Waals surface area contributed by atoms with Gasteiger partial charge in [0.05, 0.1) is 29.1 Å². The van der Waals surface area contributed by atoms with Gasteiger partial charge in [-0.05, 0) is 42.3 Å². The van der Waals surface area contributed by atoms with Crippen LogP contribution >= 0.6 is 28.1 Å². The second-order valence-corrected chi connectivity index (χ2v) is 10.6. The van der Waals surface area contributed by atoms with E-state index in [1.165, 1.54) is 18.2 Å². The fraction of sp³-hybridized carbons (Fsp3) is 0.136. The number of likely N-dealkylation sites (N-methyl/N-ethyl adjacent to an activating group) is 1. The molecule has 2 aromatic carbocycles. The number of hydrogen-bond donors (Lipinski definition) is 2. The largest absolute Gasteiger partial charge is 0.341 e. The maximum absolute atomic E-state index is 13.2. The lowest BCUT2D eigenvalue weighted by molar-refractivity contribution is 0.0797. The predicted octanol–water partition coefficient (Wildman–Crippen LogP) is 4.23. The van der Waals surface area contributed by atoms with E-state index in [1.807, 2.05) is 30.3 Å². The lowest BCUT2D eigenvalue weighted by atomic mass is 10.1. The van der Waals surface area contributed by atoms with Gasteiger partial charge in [-0.25, -0.2) is 8.42 Å². The summed E-state index contributed by atoms with van der Waals surface area (Å²) >= 11 is 4.65. The molecule has 0 atom stereocenters. The molecule has 2 aliphatic heterocycles. The van der Waals surface area contributed by atoms with Gasteiger partial charge in [0.1, 0.15) is 4.91 Å². The minimum absolute atomic E-state index is 0.119. The highest BCUT2D eigenvalue weighted by atomic mass is 79.9. The lowest BCUT2D eigenvalue weighted by Crippen LogP contribution is -2.30. The summed E-state index contributed by atoms with van der Waals surface area (Å²) in [6.07, 6.45) is 7.29. The Hall–Kier alpha value is -2.69. The van der Waals surface area contributed by atoms with Crippen LogP contribution < -0.4 is 9.44 Å². The van der Waals surface area contributed by atoms with Gasteiger partial charge in [-0.1, -0.05) is 46.3 Å². The van der Waals surface area contributed by atoms with Gasteiger partial charge in [0, 0.05) is 30.5 Å². The molecule has 0 aliphatic carbocycles. The highest BCUT2D eigenvalue weighted by Gasteiger charge is 2.30. The van der Waals surface area contributed by atoms with Crippen molar-refractivity contribution >= 4 is 49.7 Å². The minimum Gasteiger partial charge on any atom is -0.341 e. The number of fused-ring (bicyclic) bond motifs is 1. The molecule has 4 rings (SSSR count). The van der Waals surface area contributed by atoms with Crippen LogP contribution in [0.4, 0.5) is 5.69 Å². The van der Waals surface area contributed by atoms with E-state index in [1.54, 1.807) is 52.9 Å². The molecule has 0 saturated carbocycles. The Morgan fingerprint density at radius 3 is 2.78 bits per heavy atom. The Morgan fingerprint density at radius 1 is 1.22 bits per heavy atom. The van der Waals surface area contributed by atoms with Crippen molar-refractivity contribution in [1.82, 2.24) is 13.9 Å². The molecule has 2 N–H and O–H groups in total. The normalized spacial score (nSPS) is 14.9. The third-order valence-electron chi connectivity index (χ3n) is 4.98. The standard InChI is InChI=1S/C22H21BrN4O3S2/c1-26(13-11-16-6-3-2-4-7-16)22(28)18-10-9-17(23)14-19(18)25-32(29,30)21-8-5-12-27-20(21)15-24-31-27/h2-10,12,14-15,24-25H,11,13H2,1H3. The summed E-state index contributed by atoms with van der Waals surface area (Å²) in [6, 6.07) is 14.8. The number of nitrogens with zero attached hydrogens (tertiary/aromatic N) is 2. The van der Waals surface area contributed by atoms with E-state index < -0.39 is 10.0 Å². The third-order valence-corrected chi connectivity index (χ3v) is 7.62. The zero-order valence-corrected chi connectivity index (χ0v) is 20.4. The number of rotatable bonds is 7. The van der Waals surface area contributed by atoms with Gasteiger partial charge in [0.25, 0.3) is 15.9 Å². The van der Waals surface area contributed by atoms with E-state index in [0.717, 1.165) is 5.56 Å². The Kier molecular flexibility index (Phi) is 6.63. The number of nitrogens with one attached hydrogen (secondary N) is 2. The number of amides is 1. The summed E-state index contributed by atoms with van der Waals surface area (Å²) in [5.74, 6) is -0.261. The maximum Gasteiger partial charge on any atom is 0.264 e. The monoisotopic (exact) mass is 532 g/mol. The average molecular weight is 533 g/mol. The van der Waals surface area contributed by atoms with E-state index in [-0.39, 0.29) is 22.1 Å². The summed E-state index contributed by atoms with van der Waals surface area (Å²) in [4.78, 5) is 14.9. The zero-order valence-electron chi connectivity index (χ0n) is 17.2. The average Bonchev–Trinajstić information content (AvgIpc) is 3.26. The SMILES string of the molecule is CN(CCc1ccccc1)C(=O)c1ccc(Br)cc1NS(=O)(=O)C1=CC=CN2SNC=C12. The van der Waals surface area contributed by atoms with Crippen LogP contribution in [0, 0.1) is 0 Å². The first-order valence-electron chi connectivity index (χ1n) is 9.78. The van der Waals surface area contributed by atoms with Crippen molar-refractivity contribution in [1.29, 1.82) is 0 Å². The second kappa shape index (κ2) is 9.43. The van der Waals surface area contributed by atoms with Crippen molar-refractivity contribution in [2.45, 2.75) is 6.42 Å². The van der Waals surface area contributed by atoms with E-state index >= 15 is 0 Å². The molecule has 0 unspecified atom stereocenters. The minimum atomic E-state index is -3.94. The first-order valence-corrected chi connectivity index (χ1v) is 12.8. The summed E-state index contributed by atoms with van der Waals surface area (Å²) < 4.78 is 34.3. The summed E-state index contributed by atoms with van der Waals surface area (Å²) in [5.41, 5.74) is 2.15. The van der Waals surface area contributed by atoms with Gasteiger partial charge in [0.15, 0.2) is 0 Å². The van der Waals surface area contributed by atoms with Crippen LogP contribution in [0.25, 0.3) is 0 Å². The molecule has 2 heterocycles. The molecule has 32 heavy (non-hydrogen) atoms. The number of sulfonamides is 1. The molecular weight excluding hydrogens is 512 g/mol. The smallest absolute Gasteiger partial charge is 0.264 e. The molecule has 7 nitrogen and oxygen atoms in total. The number of carbonyl (C=O) groups is 1. The number of benzene rings is 2. The predicted molar refractivity (Wildman–Crippen MR) is 132 cm³/mol. The highest BCUT2D eigenvalue weighted by molar-refractivity contribution is 9.10. The van der Waals surface area contributed by atoms with Gasteiger partial charge in [-0.2, -0.15) is 0 Å². The number of hydrogen-bond acceptors (Lipinski definition) is 6. The van der Waals surface area contributed by atoms with E-state index in [9.17, 15) is 13.2 Å². The Balaban J connectivity index is 1.56. The Labute approximate surface area is 200 Å². The molecule has 0 fully saturated rings. The van der Waals surface area contributed by atoms with E-state index in [2.05, 4.69) is 25.4 Å². The molecule has 2 aromatic rings. The van der Waals surface area contributed by atoms with Crippen molar-refractivity contribution in [3.63, 3.8) is 0 Å². The molecule has 0 aromatic heterocycles. The van der Waals surface area contributed by atoms with Gasteiger partial charge < -0.3 is 9.62 Å². The van der Waals surface area contributed by atoms with Crippen LogP contribution in [0.3, 0.4) is 0 Å². The summed E-state index contributed by atoms with van der Waals surface area (Å²) in [7, 11) is -2.23. The van der Waals surface area contributed by atoms with Crippen molar-refractivity contribution in [2.24, 2.45) is 0 Å².